The van der Waals surface area contributed by atoms with Gasteiger partial charge >= 0.3 is 5.63 Å². The van der Waals surface area contributed by atoms with Crippen LogP contribution in [0.4, 0.5) is 17.1 Å². The molecule has 2 N–H and O–H groups in total. The van der Waals surface area contributed by atoms with Gasteiger partial charge in [-0.05, 0) is 61.2 Å². The van der Waals surface area contributed by atoms with Gasteiger partial charge in [0, 0.05) is 24.2 Å². The average Bonchev–Trinajstić information content (AvgIpc) is 2.82. The summed E-state index contributed by atoms with van der Waals surface area (Å²) in [6, 6.07) is 14.1. The molecule has 1 atom stereocenters. The first-order valence-corrected chi connectivity index (χ1v) is 12.7. The third-order valence-electron chi connectivity index (χ3n) is 5.52. The van der Waals surface area contributed by atoms with E-state index < -0.39 is 5.63 Å². The zero-order chi connectivity index (χ0) is 24.7. The van der Waals surface area contributed by atoms with E-state index in [2.05, 4.69) is 24.5 Å². The molecule has 2 aromatic carbocycles. The second kappa shape index (κ2) is 11.9. The molecular weight excluding hydrogens is 450 g/mol. The molecule has 0 aliphatic carbocycles. The molecule has 3 aromatic rings. The fourth-order valence-electron chi connectivity index (χ4n) is 3.67. The van der Waals surface area contributed by atoms with E-state index in [0.29, 0.717) is 28.6 Å². The lowest BCUT2D eigenvalue weighted by Gasteiger charge is -2.23. The molecule has 7 nitrogen and oxygen atoms in total. The highest BCUT2D eigenvalue weighted by molar-refractivity contribution is 7.98. The van der Waals surface area contributed by atoms with Crippen molar-refractivity contribution in [3.05, 3.63) is 59.0 Å². The maximum atomic E-state index is 13.2. The van der Waals surface area contributed by atoms with Crippen LogP contribution in [-0.2, 0) is 4.79 Å². The van der Waals surface area contributed by atoms with Gasteiger partial charge in [0.15, 0.2) is 0 Å². The Labute approximate surface area is 204 Å². The number of hydrogen-bond donors (Lipinski definition) is 2. The highest BCUT2D eigenvalue weighted by atomic mass is 32.2. The van der Waals surface area contributed by atoms with Crippen LogP contribution in [0.2, 0.25) is 0 Å². The first kappa shape index (κ1) is 25.6. The van der Waals surface area contributed by atoms with Crippen LogP contribution in [0.1, 0.15) is 20.3 Å². The van der Waals surface area contributed by atoms with Crippen LogP contribution in [0.15, 0.2) is 57.7 Å². The van der Waals surface area contributed by atoms with Crippen molar-refractivity contribution in [2.75, 3.05) is 42.9 Å². The number of amides is 1. The summed E-state index contributed by atoms with van der Waals surface area (Å²) < 4.78 is 10.8. The molecular formula is C26H33N3O4S. The normalized spacial score (nSPS) is 12.1. The zero-order valence-corrected chi connectivity index (χ0v) is 21.2. The van der Waals surface area contributed by atoms with Gasteiger partial charge in [0.05, 0.1) is 24.5 Å². The minimum atomic E-state index is -0.421. The third kappa shape index (κ3) is 6.33. The lowest BCUT2D eigenvalue weighted by Crippen LogP contribution is -2.42. The van der Waals surface area contributed by atoms with Gasteiger partial charge in [-0.3, -0.25) is 4.79 Å². The second-order valence-corrected chi connectivity index (χ2v) is 9.50. The number of nitrogens with zero attached hydrogens (tertiary/aromatic N) is 1. The Hall–Kier alpha value is -2.97. The van der Waals surface area contributed by atoms with Crippen LogP contribution in [-0.4, -0.2) is 44.7 Å². The molecule has 0 fully saturated rings. The Morgan fingerprint density at radius 3 is 2.65 bits per heavy atom. The number of hydrogen-bond acceptors (Lipinski definition) is 7. The number of para-hydroxylation sites is 1. The summed E-state index contributed by atoms with van der Waals surface area (Å²) in [5.41, 5.74) is 2.18. The Bertz CT molecular complexity index is 1180. The Balaban J connectivity index is 1.91. The molecule has 34 heavy (non-hydrogen) atoms. The molecule has 0 bridgehead atoms. The third-order valence-corrected chi connectivity index (χ3v) is 6.16. The van der Waals surface area contributed by atoms with Gasteiger partial charge in [-0.1, -0.05) is 26.0 Å². The quantitative estimate of drug-likeness (QED) is 0.376. The number of ether oxygens (including phenoxy) is 1. The largest absolute Gasteiger partial charge is 0.495 e. The van der Waals surface area contributed by atoms with Crippen molar-refractivity contribution in [3.8, 4) is 5.75 Å². The van der Waals surface area contributed by atoms with Crippen LogP contribution in [0, 0.1) is 5.92 Å². The molecule has 1 unspecified atom stereocenters. The van der Waals surface area contributed by atoms with Crippen LogP contribution < -0.4 is 25.9 Å². The fraction of sp³-hybridized carbons (Fsp3) is 0.385. The predicted molar refractivity (Wildman–Crippen MR) is 142 cm³/mol. The molecule has 0 aliphatic heterocycles. The number of anilines is 3. The molecule has 0 spiro atoms. The summed E-state index contributed by atoms with van der Waals surface area (Å²) in [4.78, 5) is 27.2. The van der Waals surface area contributed by atoms with Crippen molar-refractivity contribution in [3.63, 3.8) is 0 Å². The van der Waals surface area contributed by atoms with Crippen molar-refractivity contribution in [2.24, 2.45) is 5.92 Å². The summed E-state index contributed by atoms with van der Waals surface area (Å²) in [6.07, 6.45) is 2.76. The van der Waals surface area contributed by atoms with Crippen molar-refractivity contribution in [1.82, 2.24) is 5.32 Å². The Kier molecular flexibility index (Phi) is 9.01. The highest BCUT2D eigenvalue weighted by Gasteiger charge is 2.20. The molecule has 3 rings (SSSR count). The standard InChI is InChI=1S/C26H33N3O4S/c1-17(2)16-27-20(12-13-34-5)26(31)28-21-14-18(10-11-24(21)32-4)29(3)22-15-25(30)33-23-9-7-6-8-19(22)23/h6-11,14-15,17,20,27H,12-13,16H2,1-5H3,(H,28,31). The maximum absolute atomic E-state index is 13.2. The second-order valence-electron chi connectivity index (χ2n) is 8.52. The molecule has 182 valence electrons. The number of carbonyl (C=O) groups excluding carboxylic acids is 1. The average molecular weight is 484 g/mol. The van der Waals surface area contributed by atoms with E-state index in [-0.39, 0.29) is 11.9 Å². The first-order chi connectivity index (χ1) is 16.3. The Morgan fingerprint density at radius 1 is 1.18 bits per heavy atom. The first-order valence-electron chi connectivity index (χ1n) is 11.3. The minimum Gasteiger partial charge on any atom is -0.495 e. The van der Waals surface area contributed by atoms with Crippen LogP contribution in [0.3, 0.4) is 0 Å². The van der Waals surface area contributed by atoms with Crippen LogP contribution in [0.5, 0.6) is 5.75 Å². The number of nitrogens with one attached hydrogen (secondary N) is 2. The van der Waals surface area contributed by atoms with Crippen molar-refractivity contribution < 1.29 is 13.9 Å². The summed E-state index contributed by atoms with van der Waals surface area (Å²) in [5, 5.41) is 7.25. The summed E-state index contributed by atoms with van der Waals surface area (Å²) >= 11 is 1.72. The van der Waals surface area contributed by atoms with Crippen molar-refractivity contribution >= 4 is 45.7 Å². The summed E-state index contributed by atoms with van der Waals surface area (Å²) in [5.74, 6) is 1.79. The van der Waals surface area contributed by atoms with E-state index in [1.807, 2.05) is 54.6 Å². The van der Waals surface area contributed by atoms with E-state index in [9.17, 15) is 9.59 Å². The molecule has 1 amide bonds. The smallest absolute Gasteiger partial charge is 0.338 e. The molecule has 0 saturated heterocycles. The van der Waals surface area contributed by atoms with Gasteiger partial charge in [0.1, 0.15) is 11.3 Å². The SMILES string of the molecule is COc1ccc(N(C)c2cc(=O)oc3ccccc23)cc1NC(=O)C(CCSC)NCC(C)C. The molecule has 0 saturated carbocycles. The topological polar surface area (TPSA) is 83.8 Å². The molecule has 0 aliphatic rings. The monoisotopic (exact) mass is 483 g/mol. The number of methoxy groups -OCH3 is 1. The molecule has 8 heteroatoms. The van der Waals surface area contributed by atoms with E-state index in [1.165, 1.54) is 6.07 Å². The van der Waals surface area contributed by atoms with Crippen molar-refractivity contribution in [2.45, 2.75) is 26.3 Å². The summed E-state index contributed by atoms with van der Waals surface area (Å²) in [7, 11) is 3.45. The van der Waals surface area contributed by atoms with Gasteiger partial charge in [0.25, 0.3) is 0 Å². The van der Waals surface area contributed by atoms with Gasteiger partial charge in [-0.25, -0.2) is 4.79 Å². The number of fused-ring (bicyclic) bond motifs is 1. The molecule has 1 heterocycles. The molecule has 1 aromatic heterocycles. The van der Waals surface area contributed by atoms with Gasteiger partial charge < -0.3 is 24.7 Å². The summed E-state index contributed by atoms with van der Waals surface area (Å²) in [6.45, 7) is 5.00. The van der Waals surface area contributed by atoms with E-state index >= 15 is 0 Å². The van der Waals surface area contributed by atoms with Crippen molar-refractivity contribution in [1.29, 1.82) is 0 Å². The highest BCUT2D eigenvalue weighted by Crippen LogP contribution is 2.34. The van der Waals surface area contributed by atoms with Crippen LogP contribution in [0.25, 0.3) is 11.0 Å². The van der Waals surface area contributed by atoms with E-state index in [0.717, 1.165) is 29.8 Å². The lowest BCUT2D eigenvalue weighted by atomic mass is 10.1. The minimum absolute atomic E-state index is 0.0985. The van der Waals surface area contributed by atoms with Gasteiger partial charge in [-0.15, -0.1) is 0 Å². The molecule has 0 radical (unpaired) electrons. The van der Waals surface area contributed by atoms with Crippen LogP contribution >= 0.6 is 11.8 Å². The van der Waals surface area contributed by atoms with Gasteiger partial charge in [0.2, 0.25) is 5.91 Å². The lowest BCUT2D eigenvalue weighted by molar-refractivity contribution is -0.118. The Morgan fingerprint density at radius 2 is 1.94 bits per heavy atom. The number of benzene rings is 2. The number of thioether (sulfide) groups is 1. The maximum Gasteiger partial charge on any atom is 0.338 e. The fourth-order valence-corrected chi connectivity index (χ4v) is 4.14. The number of carbonyl (C=O) groups is 1. The van der Waals surface area contributed by atoms with E-state index in [4.69, 9.17) is 9.15 Å². The van der Waals surface area contributed by atoms with Gasteiger partial charge in [-0.2, -0.15) is 11.8 Å². The predicted octanol–water partition coefficient (Wildman–Crippen LogP) is 4.88. The zero-order valence-electron chi connectivity index (χ0n) is 20.4. The number of rotatable bonds is 11. The van der Waals surface area contributed by atoms with E-state index in [1.54, 1.807) is 24.9 Å².